The predicted molar refractivity (Wildman–Crippen MR) is 120 cm³/mol. The van der Waals surface area contributed by atoms with E-state index in [1.807, 2.05) is 19.1 Å². The van der Waals surface area contributed by atoms with Crippen molar-refractivity contribution in [2.75, 3.05) is 13.6 Å². The number of rotatable bonds is 5. The van der Waals surface area contributed by atoms with Gasteiger partial charge in [0.25, 0.3) is 0 Å². The average molecular weight is 518 g/mol. The third-order valence-electron chi connectivity index (χ3n) is 5.47. The molecule has 1 heterocycles. The van der Waals surface area contributed by atoms with Gasteiger partial charge in [-0.2, -0.15) is 13.2 Å². The van der Waals surface area contributed by atoms with Crippen LogP contribution in [0.15, 0.2) is 47.6 Å². The SMILES string of the molecule is CN=C(NCc1ncccc1C)NCC1(c2cccc(C(F)(F)F)c2)CCC1.I. The first-order chi connectivity index (χ1) is 13.3. The first-order valence-corrected chi connectivity index (χ1v) is 9.37. The van der Waals surface area contributed by atoms with Crippen molar-refractivity contribution in [3.63, 3.8) is 0 Å². The third-order valence-corrected chi connectivity index (χ3v) is 5.47. The molecule has 1 aliphatic rings. The van der Waals surface area contributed by atoms with Crippen molar-refractivity contribution in [2.45, 2.75) is 44.3 Å². The minimum Gasteiger partial charge on any atom is -0.356 e. The van der Waals surface area contributed by atoms with E-state index < -0.39 is 11.7 Å². The number of alkyl halides is 3. The molecule has 0 saturated heterocycles. The van der Waals surface area contributed by atoms with Crippen molar-refractivity contribution in [3.05, 3.63) is 65.0 Å². The van der Waals surface area contributed by atoms with Crippen LogP contribution in [0.3, 0.4) is 0 Å². The average Bonchev–Trinajstić information content (AvgIpc) is 2.64. The number of pyridine rings is 1. The third kappa shape index (κ3) is 5.61. The lowest BCUT2D eigenvalue weighted by atomic mass is 9.64. The highest BCUT2D eigenvalue weighted by Gasteiger charge is 2.40. The van der Waals surface area contributed by atoms with E-state index in [4.69, 9.17) is 0 Å². The molecule has 0 unspecified atom stereocenters. The van der Waals surface area contributed by atoms with Gasteiger partial charge in [-0.15, -0.1) is 24.0 Å². The van der Waals surface area contributed by atoms with Crippen LogP contribution in [0.4, 0.5) is 13.2 Å². The Labute approximate surface area is 186 Å². The number of nitrogens with zero attached hydrogens (tertiary/aromatic N) is 2. The number of halogens is 4. The summed E-state index contributed by atoms with van der Waals surface area (Å²) in [7, 11) is 1.68. The summed E-state index contributed by atoms with van der Waals surface area (Å²) in [6, 6.07) is 9.59. The highest BCUT2D eigenvalue weighted by atomic mass is 127. The zero-order valence-electron chi connectivity index (χ0n) is 16.5. The molecule has 1 aliphatic carbocycles. The van der Waals surface area contributed by atoms with Crippen LogP contribution in [0.2, 0.25) is 0 Å². The van der Waals surface area contributed by atoms with Crippen molar-refractivity contribution in [2.24, 2.45) is 4.99 Å². The number of benzene rings is 1. The summed E-state index contributed by atoms with van der Waals surface area (Å²) in [6.07, 6.45) is 0.149. The summed E-state index contributed by atoms with van der Waals surface area (Å²) < 4.78 is 39.3. The Morgan fingerprint density at radius 1 is 1.17 bits per heavy atom. The minimum atomic E-state index is -4.33. The fourth-order valence-electron chi connectivity index (χ4n) is 3.54. The molecule has 4 nitrogen and oxygen atoms in total. The van der Waals surface area contributed by atoms with E-state index in [1.54, 1.807) is 19.3 Å². The van der Waals surface area contributed by atoms with Crippen LogP contribution in [0, 0.1) is 6.92 Å². The van der Waals surface area contributed by atoms with E-state index in [0.29, 0.717) is 19.0 Å². The van der Waals surface area contributed by atoms with E-state index in [0.717, 1.165) is 42.1 Å². The van der Waals surface area contributed by atoms with E-state index in [2.05, 4.69) is 20.6 Å². The quantitative estimate of drug-likeness (QED) is 0.340. The predicted octanol–water partition coefficient (Wildman–Crippen LogP) is 4.81. The van der Waals surface area contributed by atoms with Gasteiger partial charge in [0.15, 0.2) is 5.96 Å². The molecule has 0 amide bonds. The maximum absolute atomic E-state index is 13.1. The molecule has 0 atom stereocenters. The fourth-order valence-corrected chi connectivity index (χ4v) is 3.54. The van der Waals surface area contributed by atoms with Crippen LogP contribution >= 0.6 is 24.0 Å². The fraction of sp³-hybridized carbons (Fsp3) is 0.429. The molecule has 3 rings (SSSR count). The van der Waals surface area contributed by atoms with E-state index in [-0.39, 0.29) is 29.4 Å². The molecule has 1 saturated carbocycles. The number of aryl methyl sites for hydroxylation is 1. The highest BCUT2D eigenvalue weighted by molar-refractivity contribution is 14.0. The molecule has 1 aromatic carbocycles. The Morgan fingerprint density at radius 2 is 1.93 bits per heavy atom. The molecule has 0 aliphatic heterocycles. The molecule has 2 aromatic rings. The van der Waals surface area contributed by atoms with Crippen molar-refractivity contribution >= 4 is 29.9 Å². The van der Waals surface area contributed by atoms with Crippen LogP contribution in [0.25, 0.3) is 0 Å². The van der Waals surface area contributed by atoms with Gasteiger partial charge in [-0.25, -0.2) is 0 Å². The Morgan fingerprint density at radius 3 is 2.52 bits per heavy atom. The number of hydrogen-bond acceptors (Lipinski definition) is 2. The lowest BCUT2D eigenvalue weighted by Gasteiger charge is -2.43. The first-order valence-electron chi connectivity index (χ1n) is 9.37. The Kier molecular flexibility index (Phi) is 7.90. The van der Waals surface area contributed by atoms with Gasteiger partial charge < -0.3 is 10.6 Å². The number of guanidine groups is 1. The van der Waals surface area contributed by atoms with Gasteiger partial charge >= 0.3 is 6.18 Å². The monoisotopic (exact) mass is 518 g/mol. The van der Waals surface area contributed by atoms with Crippen LogP contribution in [-0.2, 0) is 18.1 Å². The Bertz CT molecular complexity index is 848. The Hall–Kier alpha value is -1.84. The van der Waals surface area contributed by atoms with Crippen molar-refractivity contribution in [1.29, 1.82) is 0 Å². The van der Waals surface area contributed by atoms with Crippen LogP contribution in [0.1, 0.15) is 41.6 Å². The summed E-state index contributed by atoms with van der Waals surface area (Å²) in [4.78, 5) is 8.58. The van der Waals surface area contributed by atoms with Gasteiger partial charge in [-0.05, 0) is 43.0 Å². The summed E-state index contributed by atoms with van der Waals surface area (Å²) in [5.74, 6) is 0.614. The number of aromatic nitrogens is 1. The maximum atomic E-state index is 13.1. The molecule has 158 valence electrons. The second-order valence-electron chi connectivity index (χ2n) is 7.26. The molecular formula is C21H26F3IN4. The van der Waals surface area contributed by atoms with Gasteiger partial charge in [-0.3, -0.25) is 9.98 Å². The number of aliphatic imine (C=N–C) groups is 1. The summed E-state index contributed by atoms with van der Waals surface area (Å²) in [5, 5.41) is 6.52. The standard InChI is InChI=1S/C21H25F3N4.HI/c1-15-6-4-11-26-18(15)13-27-19(25-2)28-14-20(9-5-10-20)16-7-3-8-17(12-16)21(22,23)24;/h3-4,6-8,11-12H,5,9-10,13-14H2,1-2H3,(H2,25,27,28);1H. The van der Waals surface area contributed by atoms with E-state index in [9.17, 15) is 13.2 Å². The van der Waals surface area contributed by atoms with Gasteiger partial charge in [0.05, 0.1) is 17.8 Å². The molecule has 2 N–H and O–H groups in total. The maximum Gasteiger partial charge on any atom is 0.416 e. The second-order valence-corrected chi connectivity index (χ2v) is 7.26. The zero-order chi connectivity index (χ0) is 20.2. The van der Waals surface area contributed by atoms with Crippen molar-refractivity contribution in [1.82, 2.24) is 15.6 Å². The van der Waals surface area contributed by atoms with Gasteiger partial charge in [0.1, 0.15) is 0 Å². The largest absolute Gasteiger partial charge is 0.416 e. The molecule has 0 bridgehead atoms. The lowest BCUT2D eigenvalue weighted by Crippen LogP contribution is -2.48. The number of nitrogens with one attached hydrogen (secondary N) is 2. The van der Waals surface area contributed by atoms with Crippen molar-refractivity contribution in [3.8, 4) is 0 Å². The van der Waals surface area contributed by atoms with Gasteiger partial charge in [-0.1, -0.05) is 30.7 Å². The van der Waals surface area contributed by atoms with Gasteiger partial charge in [0, 0.05) is 25.2 Å². The minimum absolute atomic E-state index is 0. The molecule has 0 radical (unpaired) electrons. The smallest absolute Gasteiger partial charge is 0.356 e. The van der Waals surface area contributed by atoms with Crippen LogP contribution in [0.5, 0.6) is 0 Å². The van der Waals surface area contributed by atoms with Crippen LogP contribution in [-0.4, -0.2) is 24.5 Å². The zero-order valence-corrected chi connectivity index (χ0v) is 18.8. The molecular weight excluding hydrogens is 492 g/mol. The van der Waals surface area contributed by atoms with E-state index in [1.165, 1.54) is 12.1 Å². The molecule has 0 spiro atoms. The number of hydrogen-bond donors (Lipinski definition) is 2. The van der Waals surface area contributed by atoms with E-state index >= 15 is 0 Å². The van der Waals surface area contributed by atoms with Gasteiger partial charge in [0.2, 0.25) is 0 Å². The molecule has 1 fully saturated rings. The lowest BCUT2D eigenvalue weighted by molar-refractivity contribution is -0.137. The van der Waals surface area contributed by atoms with Crippen molar-refractivity contribution < 1.29 is 13.2 Å². The molecule has 8 heteroatoms. The summed E-state index contributed by atoms with van der Waals surface area (Å²) in [6.45, 7) is 3.06. The summed E-state index contributed by atoms with van der Waals surface area (Å²) in [5.41, 5.74) is 1.87. The topological polar surface area (TPSA) is 49.3 Å². The van der Waals surface area contributed by atoms with Crippen LogP contribution < -0.4 is 10.6 Å². The molecule has 1 aromatic heterocycles. The Balaban J connectivity index is 0.00000300. The second kappa shape index (κ2) is 9.77. The molecule has 29 heavy (non-hydrogen) atoms. The highest BCUT2D eigenvalue weighted by Crippen LogP contribution is 2.44. The first kappa shape index (κ1) is 23.4. The normalized spacial score (nSPS) is 15.8. The summed E-state index contributed by atoms with van der Waals surface area (Å²) >= 11 is 0.